The number of fused-ring (bicyclic) bond motifs is 1. The van der Waals surface area contributed by atoms with E-state index in [9.17, 15) is 14.7 Å². The van der Waals surface area contributed by atoms with E-state index in [1.807, 2.05) is 18.2 Å². The number of carbonyl (C=O) groups is 2. The second-order valence-electron chi connectivity index (χ2n) is 5.90. The van der Waals surface area contributed by atoms with Gasteiger partial charge in [-0.15, -0.1) is 0 Å². The number of nitrogens with one attached hydrogen (secondary N) is 2. The number of carboxylic acids is 1. The molecule has 0 atom stereocenters. The van der Waals surface area contributed by atoms with Crippen molar-refractivity contribution >= 4 is 29.6 Å². The van der Waals surface area contributed by atoms with Gasteiger partial charge in [-0.2, -0.15) is 0 Å². The number of carbonyl (C=O) groups excluding carboxylic acids is 1. The Hall–Kier alpha value is -3.03. The quantitative estimate of drug-likeness (QED) is 0.698. The number of hydrogen-bond donors (Lipinski definition) is 3. The Bertz CT molecular complexity index is 1010. The third-order valence-electron chi connectivity index (χ3n) is 4.30. The highest BCUT2D eigenvalue weighted by Crippen LogP contribution is 2.20. The fourth-order valence-electron chi connectivity index (χ4n) is 3.22. The first-order valence-corrected chi connectivity index (χ1v) is 7.94. The van der Waals surface area contributed by atoms with Gasteiger partial charge in [-0.05, 0) is 29.8 Å². The van der Waals surface area contributed by atoms with Crippen LogP contribution >= 0.6 is 0 Å². The van der Waals surface area contributed by atoms with Crippen LogP contribution < -0.4 is 21.4 Å². The van der Waals surface area contributed by atoms with Crippen LogP contribution in [-0.4, -0.2) is 39.5 Å². The smallest absolute Gasteiger partial charge is 0.352 e. The second-order valence-corrected chi connectivity index (χ2v) is 5.90. The number of carboxylic acid groups (broad SMARTS) is 1. The van der Waals surface area contributed by atoms with E-state index < -0.39 is 5.97 Å². The molecule has 126 valence electrons. The summed E-state index contributed by atoms with van der Waals surface area (Å²) in [6.07, 6.45) is 5.23. The standard InChI is InChI=1S/C18H16N4O3/c23-13-4-5-15-11(7-13)8-16(18(24)25)22(15)17(12-9-20-21-10-12)14-3-1-2-6-19-14/h1-3,5-8,20-21H,4,9-10H2,(H,24,25). The molecule has 3 N–H and O–H groups in total. The minimum atomic E-state index is -1.04. The third kappa shape index (κ3) is 2.69. The number of Topliss-reactive ketones (excluding diaryl/α,β-unsaturated/α-hetero) is 1. The lowest BCUT2D eigenvalue weighted by molar-refractivity contribution is -0.112. The SMILES string of the molecule is O=C1C=c2cc(C(=O)O)n(C(=C3CNNC3)c3ccccn3)c2=CC1. The van der Waals surface area contributed by atoms with E-state index in [0.29, 0.717) is 24.0 Å². The molecule has 7 nitrogen and oxygen atoms in total. The molecule has 1 aliphatic carbocycles. The molecular weight excluding hydrogens is 320 g/mol. The van der Waals surface area contributed by atoms with Crippen LogP contribution in [-0.2, 0) is 4.79 Å². The van der Waals surface area contributed by atoms with E-state index in [4.69, 9.17) is 0 Å². The molecule has 0 unspecified atom stereocenters. The predicted octanol–water partition coefficient (Wildman–Crippen LogP) is -0.518. The maximum absolute atomic E-state index is 11.9. The molecule has 0 aromatic carbocycles. The third-order valence-corrected chi connectivity index (χ3v) is 4.30. The van der Waals surface area contributed by atoms with E-state index in [-0.39, 0.29) is 17.9 Å². The topological polar surface area (TPSA) is 96.2 Å². The van der Waals surface area contributed by atoms with Crippen molar-refractivity contribution in [3.05, 3.63) is 58.0 Å². The zero-order valence-electron chi connectivity index (χ0n) is 13.3. The summed E-state index contributed by atoms with van der Waals surface area (Å²) < 4.78 is 1.70. The van der Waals surface area contributed by atoms with Crippen LogP contribution in [0.4, 0.5) is 0 Å². The normalized spacial score (nSPS) is 16.2. The Balaban J connectivity index is 2.08. The van der Waals surface area contributed by atoms with Crippen LogP contribution in [0.5, 0.6) is 0 Å². The predicted molar refractivity (Wildman–Crippen MR) is 91.8 cm³/mol. The number of aromatic nitrogens is 2. The van der Waals surface area contributed by atoms with Gasteiger partial charge in [0.1, 0.15) is 5.69 Å². The Kier molecular flexibility index (Phi) is 3.79. The number of ketones is 1. The number of pyridine rings is 1. The summed E-state index contributed by atoms with van der Waals surface area (Å²) in [4.78, 5) is 28.0. The van der Waals surface area contributed by atoms with Crippen LogP contribution in [0.15, 0.2) is 36.0 Å². The molecule has 1 aliphatic heterocycles. The minimum Gasteiger partial charge on any atom is -0.477 e. The van der Waals surface area contributed by atoms with E-state index in [1.54, 1.807) is 22.9 Å². The van der Waals surface area contributed by atoms with Crippen molar-refractivity contribution in [2.24, 2.45) is 0 Å². The Morgan fingerprint density at radius 2 is 2.04 bits per heavy atom. The number of aromatic carboxylic acids is 1. The summed E-state index contributed by atoms with van der Waals surface area (Å²) in [6, 6.07) is 7.09. The zero-order valence-corrected chi connectivity index (χ0v) is 13.3. The highest BCUT2D eigenvalue weighted by molar-refractivity contribution is 6.09. The largest absolute Gasteiger partial charge is 0.477 e. The van der Waals surface area contributed by atoms with E-state index >= 15 is 0 Å². The van der Waals surface area contributed by atoms with Crippen molar-refractivity contribution < 1.29 is 14.7 Å². The van der Waals surface area contributed by atoms with Crippen LogP contribution in [0.1, 0.15) is 22.6 Å². The minimum absolute atomic E-state index is 0.0298. The first-order valence-electron chi connectivity index (χ1n) is 7.94. The molecule has 1 saturated heterocycles. The summed E-state index contributed by atoms with van der Waals surface area (Å²) in [6.45, 7) is 1.17. The Morgan fingerprint density at radius 3 is 2.72 bits per heavy atom. The fourth-order valence-corrected chi connectivity index (χ4v) is 3.22. The van der Waals surface area contributed by atoms with Gasteiger partial charge in [-0.1, -0.05) is 12.1 Å². The van der Waals surface area contributed by atoms with E-state index in [1.165, 1.54) is 6.08 Å². The molecule has 4 rings (SSSR count). The van der Waals surface area contributed by atoms with Gasteiger partial charge in [0, 0.05) is 30.9 Å². The molecule has 2 aliphatic rings. The van der Waals surface area contributed by atoms with Crippen LogP contribution in [0.25, 0.3) is 17.8 Å². The lowest BCUT2D eigenvalue weighted by atomic mass is 10.1. The fraction of sp³-hybridized carbons (Fsp3) is 0.167. The monoisotopic (exact) mass is 336 g/mol. The second kappa shape index (κ2) is 6.12. The summed E-state index contributed by atoms with van der Waals surface area (Å²) >= 11 is 0. The molecule has 2 aromatic heterocycles. The summed E-state index contributed by atoms with van der Waals surface area (Å²) in [5.74, 6) is -1.07. The number of rotatable bonds is 3. The molecule has 0 saturated carbocycles. The van der Waals surface area contributed by atoms with Crippen molar-refractivity contribution in [1.82, 2.24) is 20.4 Å². The van der Waals surface area contributed by atoms with Gasteiger partial charge in [0.2, 0.25) is 0 Å². The number of hydrazine groups is 1. The maximum atomic E-state index is 11.9. The average molecular weight is 336 g/mol. The molecular formula is C18H16N4O3. The van der Waals surface area contributed by atoms with Crippen molar-refractivity contribution in [3.63, 3.8) is 0 Å². The highest BCUT2D eigenvalue weighted by Gasteiger charge is 2.23. The van der Waals surface area contributed by atoms with Crippen molar-refractivity contribution in [3.8, 4) is 0 Å². The molecule has 0 spiro atoms. The van der Waals surface area contributed by atoms with Gasteiger partial charge >= 0.3 is 5.97 Å². The van der Waals surface area contributed by atoms with Gasteiger partial charge in [-0.3, -0.25) is 20.6 Å². The first kappa shape index (κ1) is 15.5. The molecule has 0 radical (unpaired) electrons. The van der Waals surface area contributed by atoms with Crippen molar-refractivity contribution in [2.45, 2.75) is 6.42 Å². The van der Waals surface area contributed by atoms with E-state index in [0.717, 1.165) is 16.6 Å². The van der Waals surface area contributed by atoms with Crippen LogP contribution in [0, 0.1) is 0 Å². The number of nitrogens with zero attached hydrogens (tertiary/aromatic N) is 2. The Labute approximate surface area is 143 Å². The Morgan fingerprint density at radius 1 is 1.24 bits per heavy atom. The van der Waals surface area contributed by atoms with Crippen LogP contribution in [0.2, 0.25) is 0 Å². The van der Waals surface area contributed by atoms with Gasteiger partial charge < -0.3 is 9.67 Å². The first-order chi connectivity index (χ1) is 12.1. The summed E-state index contributed by atoms with van der Waals surface area (Å²) in [7, 11) is 0. The molecule has 0 bridgehead atoms. The lowest BCUT2D eigenvalue weighted by Gasteiger charge is -2.15. The van der Waals surface area contributed by atoms with Gasteiger partial charge in [0.15, 0.2) is 5.78 Å². The molecule has 25 heavy (non-hydrogen) atoms. The van der Waals surface area contributed by atoms with Gasteiger partial charge in [0.25, 0.3) is 0 Å². The zero-order chi connectivity index (χ0) is 17.4. The van der Waals surface area contributed by atoms with E-state index in [2.05, 4.69) is 15.8 Å². The van der Waals surface area contributed by atoms with Crippen molar-refractivity contribution in [1.29, 1.82) is 0 Å². The maximum Gasteiger partial charge on any atom is 0.352 e. The molecule has 7 heteroatoms. The summed E-state index contributed by atoms with van der Waals surface area (Å²) in [5.41, 5.74) is 8.65. The molecule has 2 aromatic rings. The average Bonchev–Trinajstić information content (AvgIpc) is 3.25. The number of hydrogen-bond acceptors (Lipinski definition) is 5. The van der Waals surface area contributed by atoms with Gasteiger partial charge in [0.05, 0.1) is 16.7 Å². The highest BCUT2D eigenvalue weighted by atomic mass is 16.4. The lowest BCUT2D eigenvalue weighted by Crippen LogP contribution is -2.34. The molecule has 0 amide bonds. The molecule has 3 heterocycles. The molecule has 1 fully saturated rings. The summed E-state index contributed by atoms with van der Waals surface area (Å²) in [5, 5.41) is 11.1. The van der Waals surface area contributed by atoms with Gasteiger partial charge in [-0.25, -0.2) is 4.79 Å². The van der Waals surface area contributed by atoms with Crippen LogP contribution in [0.3, 0.4) is 0 Å². The van der Waals surface area contributed by atoms with Crippen molar-refractivity contribution in [2.75, 3.05) is 13.1 Å².